The van der Waals surface area contributed by atoms with Crippen molar-refractivity contribution in [2.45, 2.75) is 6.42 Å². The molecule has 5 heteroatoms. The van der Waals surface area contributed by atoms with Gasteiger partial charge in [-0.15, -0.1) is 0 Å². The predicted octanol–water partition coefficient (Wildman–Crippen LogP) is 1.39. The van der Waals surface area contributed by atoms with Crippen LogP contribution in [0.15, 0.2) is 18.2 Å². The van der Waals surface area contributed by atoms with Crippen LogP contribution >= 0.6 is 0 Å². The lowest BCUT2D eigenvalue weighted by Gasteiger charge is -2.16. The van der Waals surface area contributed by atoms with Crippen molar-refractivity contribution >= 4 is 11.6 Å². The molecule has 1 amide bonds. The van der Waals surface area contributed by atoms with Crippen molar-refractivity contribution in [2.24, 2.45) is 5.92 Å². The van der Waals surface area contributed by atoms with E-state index in [1.165, 1.54) is 4.90 Å². The molecule has 1 saturated heterocycles. The van der Waals surface area contributed by atoms with Gasteiger partial charge in [-0.1, -0.05) is 0 Å². The van der Waals surface area contributed by atoms with E-state index in [2.05, 4.69) is 0 Å². The topological polar surface area (TPSA) is 64.8 Å². The maximum absolute atomic E-state index is 12.1. The van der Waals surface area contributed by atoms with Crippen LogP contribution in [0.2, 0.25) is 0 Å². The number of rotatable bonds is 4. The Morgan fingerprint density at radius 3 is 2.95 bits per heavy atom. The van der Waals surface area contributed by atoms with Crippen molar-refractivity contribution in [1.29, 1.82) is 0 Å². The monoisotopic (exact) mass is 264 g/mol. The molecule has 0 radical (unpaired) electrons. The van der Waals surface area contributed by atoms with Gasteiger partial charge in [0.05, 0.1) is 18.8 Å². The van der Waals surface area contributed by atoms with Crippen LogP contribution in [0, 0.1) is 5.92 Å². The third-order valence-electron chi connectivity index (χ3n) is 3.14. The van der Waals surface area contributed by atoms with Crippen LogP contribution in [-0.2, 0) is 4.74 Å². The Labute approximate surface area is 113 Å². The number of nitrogens with zero attached hydrogens (tertiary/aromatic N) is 1. The summed E-state index contributed by atoms with van der Waals surface area (Å²) in [5, 5.41) is 0. The number of benzene rings is 1. The lowest BCUT2D eigenvalue weighted by atomic mass is 10.1. The average molecular weight is 264 g/mol. The predicted molar refractivity (Wildman–Crippen MR) is 73.3 cm³/mol. The van der Waals surface area contributed by atoms with Crippen molar-refractivity contribution < 1.29 is 14.3 Å². The Hall–Kier alpha value is -1.75. The molecule has 2 rings (SSSR count). The molecule has 1 atom stereocenters. The number of anilines is 1. The molecule has 0 spiro atoms. The van der Waals surface area contributed by atoms with Gasteiger partial charge in [-0.3, -0.25) is 4.79 Å². The van der Waals surface area contributed by atoms with Crippen LogP contribution < -0.4 is 10.5 Å². The van der Waals surface area contributed by atoms with Crippen molar-refractivity contribution in [3.63, 3.8) is 0 Å². The second kappa shape index (κ2) is 5.93. The van der Waals surface area contributed by atoms with E-state index < -0.39 is 0 Å². The van der Waals surface area contributed by atoms with Gasteiger partial charge in [-0.05, 0) is 18.6 Å². The number of hydrogen-bond acceptors (Lipinski definition) is 4. The standard InChI is InChI=1S/C14H20N2O3/c1-16(2)14(17)12-4-3-11(15)7-13(12)19-9-10-5-6-18-8-10/h3-4,7,10H,5-6,8-9,15H2,1-2H3. The van der Waals surface area contributed by atoms with E-state index in [-0.39, 0.29) is 5.91 Å². The summed E-state index contributed by atoms with van der Waals surface area (Å²) in [5.41, 5.74) is 6.89. The van der Waals surface area contributed by atoms with Crippen LogP contribution in [0.25, 0.3) is 0 Å². The molecule has 1 unspecified atom stereocenters. The fourth-order valence-electron chi connectivity index (χ4n) is 2.00. The van der Waals surface area contributed by atoms with Crippen molar-refractivity contribution in [1.82, 2.24) is 4.90 Å². The number of carbonyl (C=O) groups is 1. The first-order valence-electron chi connectivity index (χ1n) is 6.39. The molecule has 1 heterocycles. The smallest absolute Gasteiger partial charge is 0.257 e. The summed E-state index contributed by atoms with van der Waals surface area (Å²) in [6.45, 7) is 2.06. The second-order valence-corrected chi connectivity index (χ2v) is 5.00. The third kappa shape index (κ3) is 3.38. The molecule has 2 N–H and O–H groups in total. The van der Waals surface area contributed by atoms with E-state index in [1.807, 2.05) is 0 Å². The molecular formula is C14H20N2O3. The quantitative estimate of drug-likeness (QED) is 0.835. The number of hydrogen-bond donors (Lipinski definition) is 1. The maximum atomic E-state index is 12.1. The van der Waals surface area contributed by atoms with Crippen LogP contribution in [0.3, 0.4) is 0 Å². The average Bonchev–Trinajstić information content (AvgIpc) is 2.88. The Bertz CT molecular complexity index is 454. The fraction of sp³-hybridized carbons (Fsp3) is 0.500. The molecule has 1 aliphatic rings. The van der Waals surface area contributed by atoms with Crippen LogP contribution in [0.4, 0.5) is 5.69 Å². The minimum Gasteiger partial charge on any atom is -0.492 e. The zero-order chi connectivity index (χ0) is 13.8. The number of carbonyl (C=O) groups excluding carboxylic acids is 1. The van der Waals surface area contributed by atoms with E-state index in [4.69, 9.17) is 15.2 Å². The van der Waals surface area contributed by atoms with Crippen LogP contribution in [0.1, 0.15) is 16.8 Å². The van der Waals surface area contributed by atoms with Gasteiger partial charge in [0.25, 0.3) is 5.91 Å². The first-order valence-corrected chi connectivity index (χ1v) is 6.39. The van der Waals surface area contributed by atoms with Crippen molar-refractivity contribution in [3.05, 3.63) is 23.8 Å². The van der Waals surface area contributed by atoms with Gasteiger partial charge in [0.1, 0.15) is 5.75 Å². The molecule has 1 fully saturated rings. The summed E-state index contributed by atoms with van der Waals surface area (Å²) < 4.78 is 11.1. The molecule has 1 aromatic carbocycles. The lowest BCUT2D eigenvalue weighted by Crippen LogP contribution is -2.23. The van der Waals surface area contributed by atoms with E-state index >= 15 is 0 Å². The Balaban J connectivity index is 2.12. The molecule has 5 nitrogen and oxygen atoms in total. The SMILES string of the molecule is CN(C)C(=O)c1ccc(N)cc1OCC1CCOC1. The third-order valence-corrected chi connectivity index (χ3v) is 3.14. The van der Waals surface area contributed by atoms with Gasteiger partial charge in [-0.25, -0.2) is 0 Å². The molecule has 19 heavy (non-hydrogen) atoms. The number of nitrogens with two attached hydrogens (primary N) is 1. The summed E-state index contributed by atoms with van der Waals surface area (Å²) in [7, 11) is 3.43. The summed E-state index contributed by atoms with van der Waals surface area (Å²) >= 11 is 0. The molecular weight excluding hydrogens is 244 g/mol. The van der Waals surface area contributed by atoms with E-state index in [0.717, 1.165) is 19.6 Å². The highest BCUT2D eigenvalue weighted by molar-refractivity contribution is 5.97. The largest absolute Gasteiger partial charge is 0.492 e. The number of amides is 1. The summed E-state index contributed by atoms with van der Waals surface area (Å²) in [6, 6.07) is 5.12. The Morgan fingerprint density at radius 2 is 2.32 bits per heavy atom. The maximum Gasteiger partial charge on any atom is 0.257 e. The first-order chi connectivity index (χ1) is 9.08. The van der Waals surface area contributed by atoms with Crippen molar-refractivity contribution in [2.75, 3.05) is 39.6 Å². The zero-order valence-electron chi connectivity index (χ0n) is 11.4. The highest BCUT2D eigenvalue weighted by Gasteiger charge is 2.19. The molecule has 0 bridgehead atoms. The molecule has 0 aromatic heterocycles. The van der Waals surface area contributed by atoms with Crippen molar-refractivity contribution in [3.8, 4) is 5.75 Å². The van der Waals surface area contributed by atoms with Gasteiger partial charge in [0, 0.05) is 38.4 Å². The molecule has 0 aliphatic carbocycles. The highest BCUT2D eigenvalue weighted by atomic mass is 16.5. The van der Waals surface area contributed by atoms with E-state index in [0.29, 0.717) is 29.5 Å². The van der Waals surface area contributed by atoms with Crippen LogP contribution in [-0.4, -0.2) is 44.7 Å². The second-order valence-electron chi connectivity index (χ2n) is 5.00. The summed E-state index contributed by atoms with van der Waals surface area (Å²) in [4.78, 5) is 13.6. The summed E-state index contributed by atoms with van der Waals surface area (Å²) in [6.07, 6.45) is 0.999. The van der Waals surface area contributed by atoms with E-state index in [9.17, 15) is 4.79 Å². The van der Waals surface area contributed by atoms with E-state index in [1.54, 1.807) is 32.3 Å². The highest BCUT2D eigenvalue weighted by Crippen LogP contribution is 2.24. The summed E-state index contributed by atoms with van der Waals surface area (Å²) in [5.74, 6) is 0.854. The molecule has 1 aliphatic heterocycles. The van der Waals surface area contributed by atoms with Gasteiger partial charge < -0.3 is 20.1 Å². The Kier molecular flexibility index (Phi) is 4.27. The van der Waals surface area contributed by atoms with Crippen LogP contribution in [0.5, 0.6) is 5.75 Å². The number of ether oxygens (including phenoxy) is 2. The normalized spacial score (nSPS) is 18.3. The minimum absolute atomic E-state index is 0.0855. The molecule has 104 valence electrons. The number of nitrogen functional groups attached to an aromatic ring is 1. The first kappa shape index (κ1) is 13.7. The Morgan fingerprint density at radius 1 is 1.53 bits per heavy atom. The minimum atomic E-state index is -0.0855. The molecule has 0 saturated carbocycles. The van der Waals surface area contributed by atoms with Gasteiger partial charge in [0.2, 0.25) is 0 Å². The van der Waals surface area contributed by atoms with Gasteiger partial charge in [-0.2, -0.15) is 0 Å². The molecule has 1 aromatic rings. The van der Waals surface area contributed by atoms with Gasteiger partial charge >= 0.3 is 0 Å². The van der Waals surface area contributed by atoms with Gasteiger partial charge in [0.15, 0.2) is 0 Å². The fourth-order valence-corrected chi connectivity index (χ4v) is 2.00. The lowest BCUT2D eigenvalue weighted by molar-refractivity contribution is 0.0822. The zero-order valence-corrected chi connectivity index (χ0v) is 11.4.